The van der Waals surface area contributed by atoms with Gasteiger partial charge in [-0.3, -0.25) is 10.2 Å². The van der Waals surface area contributed by atoms with Crippen LogP contribution in [0.15, 0.2) is 60.0 Å². The summed E-state index contributed by atoms with van der Waals surface area (Å²) in [4.78, 5) is 14.8. The maximum atomic E-state index is 13.5. The first kappa shape index (κ1) is 17.0. The van der Waals surface area contributed by atoms with Crippen LogP contribution in [0.4, 0.5) is 8.78 Å². The van der Waals surface area contributed by atoms with Crippen molar-refractivity contribution in [1.82, 2.24) is 10.3 Å². The van der Waals surface area contributed by atoms with E-state index in [1.165, 1.54) is 24.3 Å². The van der Waals surface area contributed by atoms with E-state index in [1.54, 1.807) is 18.2 Å². The van der Waals surface area contributed by atoms with Crippen LogP contribution < -0.4 is 15.0 Å². The molecule has 0 saturated heterocycles. The Hall–Kier alpha value is -2.38. The summed E-state index contributed by atoms with van der Waals surface area (Å²) in [5.74, 6) is -1.36. The second-order valence-electron chi connectivity index (χ2n) is 4.36. The van der Waals surface area contributed by atoms with Gasteiger partial charge in [-0.2, -0.15) is 4.83 Å². The highest BCUT2D eigenvalue weighted by Gasteiger charge is 2.10. The van der Waals surface area contributed by atoms with E-state index < -0.39 is 17.5 Å². The fourth-order valence-corrected chi connectivity index (χ4v) is 2.22. The molecule has 0 spiro atoms. The summed E-state index contributed by atoms with van der Waals surface area (Å²) in [5, 5.41) is 0. The largest absolute Gasteiger partial charge is 0.489 e. The van der Waals surface area contributed by atoms with Crippen LogP contribution in [0.1, 0.15) is 10.4 Å². The summed E-state index contributed by atoms with van der Waals surface area (Å²) in [7, 11) is 0. The number of rotatable bonds is 7. The van der Waals surface area contributed by atoms with Crippen LogP contribution in [-0.4, -0.2) is 12.5 Å². The van der Waals surface area contributed by atoms with Gasteiger partial charge in [-0.25, -0.2) is 8.78 Å². The minimum absolute atomic E-state index is 0.0747. The second-order valence-corrected chi connectivity index (χ2v) is 5.21. The van der Waals surface area contributed by atoms with Gasteiger partial charge in [-0.15, -0.1) is 0 Å². The molecule has 2 rings (SSSR count). The van der Waals surface area contributed by atoms with Gasteiger partial charge < -0.3 is 4.74 Å². The van der Waals surface area contributed by atoms with Crippen LogP contribution in [0.2, 0.25) is 0 Å². The number of hydrogen-bond donors (Lipinski definition) is 2. The Morgan fingerprint density at radius 2 is 2.04 bits per heavy atom. The number of halogens is 2. The van der Waals surface area contributed by atoms with E-state index in [2.05, 4.69) is 16.8 Å². The van der Waals surface area contributed by atoms with Crippen molar-refractivity contribution < 1.29 is 18.3 Å². The average Bonchev–Trinajstić information content (AvgIpc) is 2.54. The molecule has 0 aliphatic heterocycles. The molecule has 2 aromatic carbocycles. The summed E-state index contributed by atoms with van der Waals surface area (Å²) < 4.78 is 32.1. The van der Waals surface area contributed by atoms with E-state index >= 15 is 0 Å². The molecule has 1 amide bonds. The first-order chi connectivity index (χ1) is 11.1. The first-order valence-electron chi connectivity index (χ1n) is 6.61. The highest BCUT2D eigenvalue weighted by atomic mass is 32.2. The summed E-state index contributed by atoms with van der Waals surface area (Å²) in [5.41, 5.74) is 2.42. The van der Waals surface area contributed by atoms with Crippen LogP contribution in [0.3, 0.4) is 0 Å². The second kappa shape index (κ2) is 8.30. The van der Waals surface area contributed by atoms with E-state index in [-0.39, 0.29) is 17.9 Å². The lowest BCUT2D eigenvalue weighted by molar-refractivity contribution is 0.0946. The molecule has 120 valence electrons. The van der Waals surface area contributed by atoms with Gasteiger partial charge >= 0.3 is 0 Å². The van der Waals surface area contributed by atoms with Crippen molar-refractivity contribution in [3.05, 3.63) is 72.3 Å². The zero-order chi connectivity index (χ0) is 16.7. The molecule has 0 aromatic heterocycles. The molecule has 0 atom stereocenters. The van der Waals surface area contributed by atoms with Crippen molar-refractivity contribution in [3.63, 3.8) is 0 Å². The molecule has 0 aliphatic carbocycles. The van der Waals surface area contributed by atoms with Gasteiger partial charge in [0, 0.05) is 11.6 Å². The first-order valence-corrected chi connectivity index (χ1v) is 7.43. The maximum Gasteiger partial charge on any atom is 0.266 e. The van der Waals surface area contributed by atoms with Crippen LogP contribution in [0.25, 0.3) is 0 Å². The Balaban J connectivity index is 1.96. The molecular formula is C16H14F2N2O2S. The normalized spacial score (nSPS) is 10.2. The van der Waals surface area contributed by atoms with Gasteiger partial charge in [0.1, 0.15) is 24.0 Å². The third-order valence-electron chi connectivity index (χ3n) is 2.66. The Bertz CT molecular complexity index is 710. The number of nitrogens with one attached hydrogen (secondary N) is 2. The van der Waals surface area contributed by atoms with Gasteiger partial charge in [-0.05, 0) is 36.2 Å². The Labute approximate surface area is 136 Å². The number of benzene rings is 2. The summed E-state index contributed by atoms with van der Waals surface area (Å²) >= 11 is 0.897. The van der Waals surface area contributed by atoms with Gasteiger partial charge in [-0.1, -0.05) is 24.8 Å². The zero-order valence-corrected chi connectivity index (χ0v) is 12.8. The Morgan fingerprint density at radius 1 is 1.26 bits per heavy atom. The fourth-order valence-electron chi connectivity index (χ4n) is 1.66. The number of amides is 1. The average molecular weight is 336 g/mol. The predicted molar refractivity (Wildman–Crippen MR) is 85.0 cm³/mol. The van der Waals surface area contributed by atoms with Crippen molar-refractivity contribution in [1.29, 1.82) is 0 Å². The van der Waals surface area contributed by atoms with Crippen molar-refractivity contribution in [2.24, 2.45) is 0 Å². The Morgan fingerprint density at radius 3 is 2.78 bits per heavy atom. The van der Waals surface area contributed by atoms with E-state index in [1.807, 2.05) is 0 Å². The lowest BCUT2D eigenvalue weighted by Crippen LogP contribution is -2.32. The summed E-state index contributed by atoms with van der Waals surface area (Å²) in [6.45, 7) is 3.69. The van der Waals surface area contributed by atoms with E-state index in [0.29, 0.717) is 4.90 Å². The molecule has 23 heavy (non-hydrogen) atoms. The molecule has 0 aliphatic rings. The number of ether oxygens (including phenoxy) is 1. The van der Waals surface area contributed by atoms with E-state index in [0.717, 1.165) is 18.0 Å². The number of carbonyl (C=O) groups is 1. The third kappa shape index (κ3) is 5.08. The van der Waals surface area contributed by atoms with Gasteiger partial charge in [0.15, 0.2) is 0 Å². The van der Waals surface area contributed by atoms with Gasteiger partial charge in [0.2, 0.25) is 0 Å². The van der Waals surface area contributed by atoms with Crippen molar-refractivity contribution in [2.45, 2.75) is 4.90 Å². The molecule has 0 unspecified atom stereocenters. The van der Waals surface area contributed by atoms with Crippen molar-refractivity contribution in [3.8, 4) is 5.75 Å². The highest BCUT2D eigenvalue weighted by molar-refractivity contribution is 7.97. The van der Waals surface area contributed by atoms with Crippen LogP contribution >= 0.6 is 11.9 Å². The maximum absolute atomic E-state index is 13.5. The van der Waals surface area contributed by atoms with Crippen LogP contribution in [0.5, 0.6) is 5.75 Å². The van der Waals surface area contributed by atoms with Gasteiger partial charge in [0.25, 0.3) is 5.91 Å². The fraction of sp³-hybridized carbons (Fsp3) is 0.0625. The molecule has 7 heteroatoms. The minimum atomic E-state index is -0.599. The third-order valence-corrected chi connectivity index (χ3v) is 3.42. The standard InChI is InChI=1S/C16H14F2N2O2S/c1-2-7-22-13-9-11(8-12(17)10-13)16(21)19-20-23-15-6-4-3-5-14(15)18/h2-6,8-10,20H,1,7H2,(H,19,21). The molecule has 2 N–H and O–H groups in total. The minimum Gasteiger partial charge on any atom is -0.489 e. The van der Waals surface area contributed by atoms with Crippen molar-refractivity contribution >= 4 is 17.9 Å². The smallest absolute Gasteiger partial charge is 0.266 e. The zero-order valence-electron chi connectivity index (χ0n) is 12.0. The molecule has 0 saturated carbocycles. The molecule has 0 bridgehead atoms. The molecule has 0 heterocycles. The molecule has 0 radical (unpaired) electrons. The molecule has 0 fully saturated rings. The lowest BCUT2D eigenvalue weighted by atomic mass is 10.2. The monoisotopic (exact) mass is 336 g/mol. The molecule has 2 aromatic rings. The Kier molecular flexibility index (Phi) is 6.13. The van der Waals surface area contributed by atoms with Crippen LogP contribution in [0, 0.1) is 11.6 Å². The lowest BCUT2D eigenvalue weighted by Gasteiger charge is -2.09. The topological polar surface area (TPSA) is 50.4 Å². The highest BCUT2D eigenvalue weighted by Crippen LogP contribution is 2.18. The van der Waals surface area contributed by atoms with Crippen LogP contribution in [-0.2, 0) is 0 Å². The van der Waals surface area contributed by atoms with Crippen molar-refractivity contribution in [2.75, 3.05) is 6.61 Å². The number of carbonyl (C=O) groups excluding carboxylic acids is 1. The number of hydrogen-bond acceptors (Lipinski definition) is 4. The summed E-state index contributed by atoms with van der Waals surface area (Å²) in [6, 6.07) is 9.75. The molecular weight excluding hydrogens is 322 g/mol. The number of hydrazine groups is 1. The van der Waals surface area contributed by atoms with E-state index in [9.17, 15) is 13.6 Å². The van der Waals surface area contributed by atoms with Gasteiger partial charge in [0.05, 0.1) is 4.90 Å². The van der Waals surface area contributed by atoms with E-state index in [4.69, 9.17) is 4.74 Å². The summed E-state index contributed by atoms with van der Waals surface area (Å²) in [6.07, 6.45) is 1.51. The SMILES string of the molecule is C=CCOc1cc(F)cc(C(=O)NNSc2ccccc2F)c1. The quantitative estimate of drug-likeness (QED) is 0.462. The predicted octanol–water partition coefficient (Wildman–Crippen LogP) is 3.47. The molecule has 4 nitrogen and oxygen atoms in total.